The van der Waals surface area contributed by atoms with Crippen LogP contribution in [0.25, 0.3) is 0 Å². The Bertz CT molecular complexity index is 1200. The average Bonchev–Trinajstić information content (AvgIpc) is 2.88. The number of anilines is 1. The van der Waals surface area contributed by atoms with Gasteiger partial charge in [0.25, 0.3) is 11.8 Å². The van der Waals surface area contributed by atoms with E-state index in [4.69, 9.17) is 9.47 Å². The normalized spacial score (nSPS) is 14.7. The largest absolute Gasteiger partial charge is 0.483 e. The molecule has 1 aliphatic rings. The molecule has 8 heteroatoms. The van der Waals surface area contributed by atoms with Crippen LogP contribution < -0.4 is 15.4 Å². The standard InChI is InChI=1S/C27H26F2N2O4/c28-20-7-5-6-19(16-20)27(12-14-34-15-13-27)18-30-26(33)21-8-1-4-11-24(21)35-17-25(32)31-23-10-3-2-9-22(23)29/h1-11,16H,12-15,17-18H2,(H,30,33)(H,31,32). The Morgan fingerprint density at radius 1 is 0.943 bits per heavy atom. The fraction of sp³-hybridized carbons (Fsp3) is 0.259. The molecule has 1 heterocycles. The van der Waals surface area contributed by atoms with Crippen LogP contribution in [0.5, 0.6) is 5.75 Å². The maximum atomic E-state index is 13.9. The van der Waals surface area contributed by atoms with Gasteiger partial charge in [-0.2, -0.15) is 0 Å². The molecule has 1 saturated heterocycles. The SMILES string of the molecule is O=C(COc1ccccc1C(=O)NCC1(c2cccc(F)c2)CCOCC1)Nc1ccccc1F. The first-order valence-corrected chi connectivity index (χ1v) is 11.4. The summed E-state index contributed by atoms with van der Waals surface area (Å²) in [6, 6.07) is 18.8. The number of hydrogen-bond donors (Lipinski definition) is 2. The molecule has 2 N–H and O–H groups in total. The molecular formula is C27H26F2N2O4. The van der Waals surface area contributed by atoms with Crippen LogP contribution in [0.15, 0.2) is 72.8 Å². The van der Waals surface area contributed by atoms with Gasteiger partial charge in [-0.25, -0.2) is 8.78 Å². The van der Waals surface area contributed by atoms with Crippen LogP contribution >= 0.6 is 0 Å². The van der Waals surface area contributed by atoms with Crippen LogP contribution in [0.1, 0.15) is 28.8 Å². The monoisotopic (exact) mass is 480 g/mol. The summed E-state index contributed by atoms with van der Waals surface area (Å²) in [6.07, 6.45) is 1.29. The first kappa shape index (κ1) is 24.3. The Morgan fingerprint density at radius 3 is 2.46 bits per heavy atom. The second kappa shape index (κ2) is 11.1. The summed E-state index contributed by atoms with van der Waals surface area (Å²) in [5.74, 6) is -1.59. The molecule has 0 saturated carbocycles. The Morgan fingerprint density at radius 2 is 1.69 bits per heavy atom. The van der Waals surface area contributed by atoms with Crippen molar-refractivity contribution in [1.29, 1.82) is 0 Å². The van der Waals surface area contributed by atoms with E-state index < -0.39 is 23.7 Å². The average molecular weight is 481 g/mol. The number of hydrogen-bond acceptors (Lipinski definition) is 4. The van der Waals surface area contributed by atoms with Crippen molar-refractivity contribution in [3.05, 3.63) is 95.6 Å². The zero-order chi connectivity index (χ0) is 24.7. The molecule has 1 fully saturated rings. The number of benzene rings is 3. The quantitative estimate of drug-likeness (QED) is 0.499. The number of halogens is 2. The summed E-state index contributed by atoms with van der Waals surface area (Å²) in [7, 11) is 0. The first-order chi connectivity index (χ1) is 17.0. The number of amides is 2. The van der Waals surface area contributed by atoms with Gasteiger partial charge in [0.05, 0.1) is 11.3 Å². The van der Waals surface area contributed by atoms with E-state index in [2.05, 4.69) is 10.6 Å². The molecule has 3 aromatic carbocycles. The Balaban J connectivity index is 1.42. The molecule has 0 spiro atoms. The van der Waals surface area contributed by atoms with Crippen LogP contribution in [0.4, 0.5) is 14.5 Å². The maximum Gasteiger partial charge on any atom is 0.262 e. The van der Waals surface area contributed by atoms with Crippen molar-refractivity contribution < 1.29 is 27.8 Å². The van der Waals surface area contributed by atoms with E-state index >= 15 is 0 Å². The zero-order valence-corrected chi connectivity index (χ0v) is 19.1. The Labute approximate surface area is 202 Å². The summed E-state index contributed by atoms with van der Waals surface area (Å²) >= 11 is 0. The summed E-state index contributed by atoms with van der Waals surface area (Å²) < 4.78 is 38.8. The van der Waals surface area contributed by atoms with E-state index in [1.165, 1.54) is 30.3 Å². The fourth-order valence-corrected chi connectivity index (χ4v) is 4.16. The number of nitrogens with one attached hydrogen (secondary N) is 2. The minimum absolute atomic E-state index is 0.0474. The topological polar surface area (TPSA) is 76.7 Å². The van der Waals surface area contributed by atoms with Gasteiger partial charge in [-0.1, -0.05) is 36.4 Å². The zero-order valence-electron chi connectivity index (χ0n) is 19.1. The summed E-state index contributed by atoms with van der Waals surface area (Å²) in [4.78, 5) is 25.3. The van der Waals surface area contributed by atoms with E-state index in [1.54, 1.807) is 36.4 Å². The van der Waals surface area contributed by atoms with Crippen molar-refractivity contribution in [3.8, 4) is 5.75 Å². The molecule has 0 aliphatic carbocycles. The van der Waals surface area contributed by atoms with Crippen LogP contribution in [0.2, 0.25) is 0 Å². The Hall–Kier alpha value is -3.78. The molecule has 6 nitrogen and oxygen atoms in total. The van der Waals surface area contributed by atoms with Gasteiger partial charge in [-0.3, -0.25) is 9.59 Å². The molecule has 35 heavy (non-hydrogen) atoms. The lowest BCUT2D eigenvalue weighted by Gasteiger charge is -2.38. The second-order valence-corrected chi connectivity index (χ2v) is 8.40. The molecule has 182 valence electrons. The molecule has 4 rings (SSSR count). The highest BCUT2D eigenvalue weighted by atomic mass is 19.1. The highest BCUT2D eigenvalue weighted by molar-refractivity contribution is 5.97. The van der Waals surface area contributed by atoms with Gasteiger partial charge < -0.3 is 20.1 Å². The third-order valence-corrected chi connectivity index (χ3v) is 6.11. The van der Waals surface area contributed by atoms with Crippen molar-refractivity contribution >= 4 is 17.5 Å². The molecule has 2 amide bonds. The van der Waals surface area contributed by atoms with Crippen molar-refractivity contribution in [1.82, 2.24) is 5.32 Å². The summed E-state index contributed by atoms with van der Waals surface area (Å²) in [6.45, 7) is 0.927. The highest BCUT2D eigenvalue weighted by Crippen LogP contribution is 2.35. The van der Waals surface area contributed by atoms with E-state index in [9.17, 15) is 18.4 Å². The lowest BCUT2D eigenvalue weighted by atomic mass is 9.74. The molecule has 0 atom stereocenters. The van der Waals surface area contributed by atoms with E-state index in [-0.39, 0.29) is 28.7 Å². The van der Waals surface area contributed by atoms with Gasteiger partial charge in [0.2, 0.25) is 0 Å². The minimum Gasteiger partial charge on any atom is -0.483 e. The van der Waals surface area contributed by atoms with E-state index in [0.29, 0.717) is 32.6 Å². The van der Waals surface area contributed by atoms with Gasteiger partial charge in [-0.05, 0) is 54.8 Å². The number of ether oxygens (including phenoxy) is 2. The third kappa shape index (κ3) is 6.02. The molecule has 0 bridgehead atoms. The van der Waals surface area contributed by atoms with Crippen LogP contribution in [-0.2, 0) is 14.9 Å². The van der Waals surface area contributed by atoms with E-state index in [1.807, 2.05) is 6.07 Å². The van der Waals surface area contributed by atoms with E-state index in [0.717, 1.165) is 5.56 Å². The van der Waals surface area contributed by atoms with Crippen molar-refractivity contribution in [3.63, 3.8) is 0 Å². The summed E-state index contributed by atoms with van der Waals surface area (Å²) in [5.41, 5.74) is 0.667. The van der Waals surface area contributed by atoms with Crippen LogP contribution in [0.3, 0.4) is 0 Å². The minimum atomic E-state index is -0.558. The number of carbonyl (C=O) groups excluding carboxylic acids is 2. The maximum absolute atomic E-state index is 13.9. The van der Waals surface area contributed by atoms with Gasteiger partial charge in [-0.15, -0.1) is 0 Å². The molecule has 1 aliphatic heterocycles. The molecule has 0 unspecified atom stereocenters. The van der Waals surface area contributed by atoms with Crippen molar-refractivity contribution in [2.75, 3.05) is 31.7 Å². The Kier molecular flexibility index (Phi) is 7.72. The third-order valence-electron chi connectivity index (χ3n) is 6.11. The lowest BCUT2D eigenvalue weighted by Crippen LogP contribution is -2.44. The second-order valence-electron chi connectivity index (χ2n) is 8.40. The molecular weight excluding hydrogens is 454 g/mol. The first-order valence-electron chi connectivity index (χ1n) is 11.4. The van der Waals surface area contributed by atoms with Crippen LogP contribution in [-0.4, -0.2) is 38.2 Å². The fourth-order valence-electron chi connectivity index (χ4n) is 4.16. The molecule has 0 radical (unpaired) electrons. The predicted molar refractivity (Wildman–Crippen MR) is 127 cm³/mol. The van der Waals surface area contributed by atoms with Gasteiger partial charge in [0, 0.05) is 25.2 Å². The number of carbonyl (C=O) groups is 2. The van der Waals surface area contributed by atoms with Crippen molar-refractivity contribution in [2.45, 2.75) is 18.3 Å². The van der Waals surface area contributed by atoms with Crippen LogP contribution in [0, 0.1) is 11.6 Å². The van der Waals surface area contributed by atoms with Gasteiger partial charge >= 0.3 is 0 Å². The molecule has 0 aromatic heterocycles. The van der Waals surface area contributed by atoms with Gasteiger partial charge in [0.15, 0.2) is 6.61 Å². The lowest BCUT2D eigenvalue weighted by molar-refractivity contribution is -0.118. The smallest absolute Gasteiger partial charge is 0.262 e. The van der Waals surface area contributed by atoms with Crippen molar-refractivity contribution in [2.24, 2.45) is 0 Å². The van der Waals surface area contributed by atoms with Gasteiger partial charge in [0.1, 0.15) is 17.4 Å². The number of rotatable bonds is 8. The number of para-hydroxylation sites is 2. The highest BCUT2D eigenvalue weighted by Gasteiger charge is 2.35. The molecule has 3 aromatic rings. The summed E-state index contributed by atoms with van der Waals surface area (Å²) in [5, 5.41) is 5.40. The predicted octanol–water partition coefficient (Wildman–Crippen LogP) is 4.46.